The Morgan fingerprint density at radius 1 is 0.708 bits per heavy atom. The smallest absolute Gasteiger partial charge is 0.119 e. The highest BCUT2D eigenvalue weighted by atomic mass is 16.5. The fourth-order valence-corrected chi connectivity index (χ4v) is 2.17. The molecule has 0 aliphatic heterocycles. The Kier molecular flexibility index (Phi) is 9.22. The molecule has 1 heteroatoms. The topological polar surface area (TPSA) is 9.23 Å². The second kappa shape index (κ2) is 10.9. The molecule has 24 heavy (non-hydrogen) atoms. The van der Waals surface area contributed by atoms with Crippen molar-refractivity contribution in [2.75, 3.05) is 6.61 Å². The first-order chi connectivity index (χ1) is 11.5. The predicted octanol–water partition coefficient (Wildman–Crippen LogP) is 7.37. The summed E-state index contributed by atoms with van der Waals surface area (Å²) in [5.74, 6) is 0.935. The largest absolute Gasteiger partial charge is 0.493 e. The van der Waals surface area contributed by atoms with Gasteiger partial charge in [-0.1, -0.05) is 103 Å². The quantitative estimate of drug-likeness (QED) is 0.504. The normalized spacial score (nSPS) is 10.7. The van der Waals surface area contributed by atoms with Crippen LogP contribution in [-0.4, -0.2) is 6.61 Å². The van der Waals surface area contributed by atoms with Gasteiger partial charge in [0.2, 0.25) is 0 Å². The third-order valence-electron chi connectivity index (χ3n) is 3.59. The van der Waals surface area contributed by atoms with Crippen LogP contribution in [0, 0.1) is 5.41 Å². The van der Waals surface area contributed by atoms with Crippen molar-refractivity contribution in [1.29, 1.82) is 0 Å². The van der Waals surface area contributed by atoms with Crippen molar-refractivity contribution in [2.24, 2.45) is 5.41 Å². The van der Waals surface area contributed by atoms with Crippen LogP contribution >= 0.6 is 0 Å². The third-order valence-corrected chi connectivity index (χ3v) is 3.59. The number of rotatable bonds is 6. The fourth-order valence-electron chi connectivity index (χ4n) is 2.17. The summed E-state index contributed by atoms with van der Waals surface area (Å²) in [5, 5.41) is 0. The van der Waals surface area contributed by atoms with E-state index in [4.69, 9.17) is 4.74 Å². The van der Waals surface area contributed by atoms with Gasteiger partial charge in [-0.25, -0.2) is 0 Å². The summed E-state index contributed by atoms with van der Waals surface area (Å²) in [6.45, 7) is 11.7. The Bertz CT molecular complexity index is 530. The number of hydrogen-bond acceptors (Lipinski definition) is 1. The molecule has 0 aliphatic rings. The van der Waals surface area contributed by atoms with Crippen LogP contribution in [0.5, 0.6) is 5.75 Å². The van der Waals surface area contributed by atoms with Gasteiger partial charge in [-0.3, -0.25) is 0 Å². The van der Waals surface area contributed by atoms with E-state index in [1.807, 2.05) is 18.2 Å². The fraction of sp³-hybridized carbons (Fsp3) is 0.478. The Hall–Kier alpha value is -1.76. The highest BCUT2D eigenvalue weighted by Gasteiger charge is 2.10. The lowest BCUT2D eigenvalue weighted by molar-refractivity contribution is 0.198. The van der Waals surface area contributed by atoms with Crippen LogP contribution in [0.3, 0.4) is 0 Å². The van der Waals surface area contributed by atoms with Gasteiger partial charge in [0.25, 0.3) is 0 Å². The first kappa shape index (κ1) is 20.3. The van der Waals surface area contributed by atoms with Gasteiger partial charge in [0.15, 0.2) is 0 Å². The summed E-state index contributed by atoms with van der Waals surface area (Å²) < 4.78 is 5.76. The molecule has 0 saturated carbocycles. The molecule has 0 aliphatic carbocycles. The molecule has 0 N–H and O–H groups in total. The van der Waals surface area contributed by atoms with E-state index in [9.17, 15) is 0 Å². The maximum Gasteiger partial charge on any atom is 0.119 e. The molecule has 0 radical (unpaired) electrons. The molecule has 0 saturated heterocycles. The molecule has 0 fully saturated rings. The summed E-state index contributed by atoms with van der Waals surface area (Å²) >= 11 is 0. The summed E-state index contributed by atoms with van der Waals surface area (Å²) in [6, 6.07) is 18.7. The van der Waals surface area contributed by atoms with E-state index >= 15 is 0 Å². The van der Waals surface area contributed by atoms with E-state index in [0.29, 0.717) is 0 Å². The monoisotopic (exact) mass is 326 g/mol. The van der Waals surface area contributed by atoms with Crippen LogP contribution in [-0.2, 0) is 0 Å². The lowest BCUT2D eigenvalue weighted by atomic mass is 9.99. The number of benzene rings is 2. The minimum absolute atomic E-state index is 0.193. The first-order valence-corrected chi connectivity index (χ1v) is 9.24. The van der Waals surface area contributed by atoms with E-state index in [0.717, 1.165) is 12.4 Å². The van der Waals surface area contributed by atoms with Crippen molar-refractivity contribution < 1.29 is 4.74 Å². The Morgan fingerprint density at radius 2 is 1.21 bits per heavy atom. The van der Waals surface area contributed by atoms with Gasteiger partial charge in [0.1, 0.15) is 5.75 Å². The summed E-state index contributed by atoms with van der Waals surface area (Å²) in [4.78, 5) is 0. The number of unbranched alkanes of at least 4 members (excludes halogenated alkanes) is 3. The lowest BCUT2D eigenvalue weighted by Gasteiger charge is -2.18. The van der Waals surface area contributed by atoms with Gasteiger partial charge in [-0.15, -0.1) is 0 Å². The SMILES string of the molecule is CC(C)(C)COc1ccc(-c2ccccc2)cc1.CCCCCC. The van der Waals surface area contributed by atoms with Crippen LogP contribution in [0.4, 0.5) is 0 Å². The van der Waals surface area contributed by atoms with Gasteiger partial charge >= 0.3 is 0 Å². The second-order valence-electron chi connectivity index (χ2n) is 7.45. The van der Waals surface area contributed by atoms with Crippen LogP contribution in [0.1, 0.15) is 60.3 Å². The molecule has 0 bridgehead atoms. The molecule has 0 heterocycles. The van der Waals surface area contributed by atoms with Gasteiger partial charge in [-0.2, -0.15) is 0 Å². The predicted molar refractivity (Wildman–Crippen MR) is 107 cm³/mol. The number of ether oxygens (including phenoxy) is 1. The standard InChI is InChI=1S/C17H20O.C6H14/c1-17(2,3)13-18-16-11-9-15(10-12-16)14-7-5-4-6-8-14;1-3-5-6-4-2/h4-12H,13H2,1-3H3;3-6H2,1-2H3. The maximum absolute atomic E-state index is 5.76. The van der Waals surface area contributed by atoms with Crippen molar-refractivity contribution in [1.82, 2.24) is 0 Å². The zero-order valence-corrected chi connectivity index (χ0v) is 16.1. The molecule has 1 nitrogen and oxygen atoms in total. The summed E-state index contributed by atoms with van der Waals surface area (Å²) in [7, 11) is 0. The molecule has 0 atom stereocenters. The van der Waals surface area contributed by atoms with Crippen molar-refractivity contribution in [3.05, 3.63) is 54.6 Å². The molecule has 0 spiro atoms. The zero-order valence-electron chi connectivity index (χ0n) is 16.1. The molecule has 2 aromatic carbocycles. The van der Waals surface area contributed by atoms with Gasteiger partial charge in [-0.05, 0) is 28.7 Å². The average Bonchev–Trinajstić information content (AvgIpc) is 2.59. The van der Waals surface area contributed by atoms with Crippen LogP contribution in [0.25, 0.3) is 11.1 Å². The molecule has 0 aromatic heterocycles. The summed E-state index contributed by atoms with van der Waals surface area (Å²) in [6.07, 6.45) is 5.54. The van der Waals surface area contributed by atoms with Crippen molar-refractivity contribution in [2.45, 2.75) is 60.3 Å². The van der Waals surface area contributed by atoms with E-state index in [1.165, 1.54) is 36.8 Å². The minimum atomic E-state index is 0.193. The van der Waals surface area contributed by atoms with Gasteiger partial charge in [0.05, 0.1) is 6.61 Å². The minimum Gasteiger partial charge on any atom is -0.493 e. The van der Waals surface area contributed by atoms with E-state index in [2.05, 4.69) is 71.0 Å². The molecule has 2 aromatic rings. The molecule has 0 unspecified atom stereocenters. The Balaban J connectivity index is 0.000000413. The van der Waals surface area contributed by atoms with E-state index < -0.39 is 0 Å². The second-order valence-corrected chi connectivity index (χ2v) is 7.45. The van der Waals surface area contributed by atoms with E-state index in [1.54, 1.807) is 0 Å². The number of hydrogen-bond donors (Lipinski definition) is 0. The van der Waals surface area contributed by atoms with Crippen LogP contribution < -0.4 is 4.74 Å². The molecular weight excluding hydrogens is 292 g/mol. The highest BCUT2D eigenvalue weighted by molar-refractivity contribution is 5.63. The first-order valence-electron chi connectivity index (χ1n) is 9.24. The van der Waals surface area contributed by atoms with Crippen molar-refractivity contribution in [3.63, 3.8) is 0 Å². The highest BCUT2D eigenvalue weighted by Crippen LogP contribution is 2.23. The van der Waals surface area contributed by atoms with Gasteiger partial charge < -0.3 is 4.74 Å². The average molecular weight is 327 g/mol. The molecular formula is C23H34O. The van der Waals surface area contributed by atoms with Crippen LogP contribution in [0.15, 0.2) is 54.6 Å². The molecule has 0 amide bonds. The van der Waals surface area contributed by atoms with Crippen molar-refractivity contribution >= 4 is 0 Å². The molecule has 2 rings (SSSR count). The third kappa shape index (κ3) is 8.76. The molecule has 132 valence electrons. The van der Waals surface area contributed by atoms with Crippen LogP contribution in [0.2, 0.25) is 0 Å². The summed E-state index contributed by atoms with van der Waals surface area (Å²) in [5.41, 5.74) is 2.65. The maximum atomic E-state index is 5.76. The zero-order chi connectivity index (χ0) is 17.8. The van der Waals surface area contributed by atoms with Crippen molar-refractivity contribution in [3.8, 4) is 16.9 Å². The Labute approximate surface area is 149 Å². The Morgan fingerprint density at radius 3 is 1.67 bits per heavy atom. The van der Waals surface area contributed by atoms with E-state index in [-0.39, 0.29) is 5.41 Å². The lowest BCUT2D eigenvalue weighted by Crippen LogP contribution is -2.16. The van der Waals surface area contributed by atoms with Gasteiger partial charge in [0, 0.05) is 0 Å².